The van der Waals surface area contributed by atoms with Crippen LogP contribution in [0.2, 0.25) is 0 Å². The topological polar surface area (TPSA) is 50.3 Å². The lowest BCUT2D eigenvalue weighted by atomic mass is 9.74. The maximum atomic E-state index is 9.90. The predicted molar refractivity (Wildman–Crippen MR) is 281 cm³/mol. The van der Waals surface area contributed by atoms with Gasteiger partial charge in [0.05, 0.1) is 22.1 Å². The Morgan fingerprint density at radius 2 is 0.591 bits per heavy atom. The molecule has 2 N–H and O–H groups in total. The van der Waals surface area contributed by atoms with E-state index in [1.54, 1.807) is 6.07 Å². The SMILES string of the molecule is Brc1ccccc1-c1ccccc1-c1ccc(-n2c3ccccc3c3ccccc32)cc1.OB(O)c1ccccc1-c1ccccc1-c1ccc(-n2c3ccccc3c3ccccc32)cc1. The lowest BCUT2D eigenvalue weighted by Crippen LogP contribution is -2.31. The number of hydrogen-bond acceptors (Lipinski definition) is 2. The average Bonchev–Trinajstić information content (AvgIpc) is 3.90. The minimum Gasteiger partial charge on any atom is -0.423 e. The molecule has 0 unspecified atom stereocenters. The molecule has 0 saturated carbocycles. The highest BCUT2D eigenvalue weighted by Crippen LogP contribution is 2.39. The summed E-state index contributed by atoms with van der Waals surface area (Å²) in [5, 5.41) is 24.8. The Morgan fingerprint density at radius 3 is 0.985 bits per heavy atom. The molecule has 66 heavy (non-hydrogen) atoms. The summed E-state index contributed by atoms with van der Waals surface area (Å²) in [4.78, 5) is 0. The number of para-hydroxylation sites is 4. The van der Waals surface area contributed by atoms with Gasteiger partial charge in [-0.15, -0.1) is 0 Å². The van der Waals surface area contributed by atoms with Gasteiger partial charge in [0.25, 0.3) is 0 Å². The Kier molecular flexibility index (Phi) is 11.0. The zero-order valence-electron chi connectivity index (χ0n) is 35.8. The molecular weight excluding hydrogens is 871 g/mol. The molecule has 0 saturated heterocycles. The quantitative estimate of drug-likeness (QED) is 0.157. The van der Waals surface area contributed by atoms with E-state index >= 15 is 0 Å². The van der Waals surface area contributed by atoms with Crippen molar-refractivity contribution >= 4 is 72.1 Å². The van der Waals surface area contributed by atoms with Gasteiger partial charge in [0.1, 0.15) is 0 Å². The fourth-order valence-corrected chi connectivity index (χ4v) is 10.1. The van der Waals surface area contributed by atoms with Crippen LogP contribution in [0.4, 0.5) is 0 Å². The fourth-order valence-electron chi connectivity index (χ4n) is 9.57. The summed E-state index contributed by atoms with van der Waals surface area (Å²) < 4.78 is 5.76. The van der Waals surface area contributed by atoms with Gasteiger partial charge >= 0.3 is 7.12 Å². The van der Waals surface area contributed by atoms with Gasteiger partial charge in [-0.2, -0.15) is 0 Å². The standard InChI is InChI=1S/C30H22BNO2.C30H20BrN/c33-31(34)28-14-6-3-11-25(28)24-10-2-1-9-23(24)21-17-19-22(20-18-21)32-29-15-7-4-12-26(29)27-13-5-8-16-30(27)32;31-28-14-6-3-11-25(28)24-10-2-1-9-23(24)21-17-19-22(20-18-21)32-29-15-7-4-12-26(29)27-13-5-8-16-30(27)32/h1-20,33-34H;1-20H. The Morgan fingerprint density at radius 1 is 0.288 bits per heavy atom. The monoisotopic (exact) mass is 912 g/mol. The van der Waals surface area contributed by atoms with Crippen LogP contribution in [0.3, 0.4) is 0 Å². The molecule has 0 aliphatic heterocycles. The van der Waals surface area contributed by atoms with Gasteiger partial charge in [-0.25, -0.2) is 0 Å². The van der Waals surface area contributed by atoms with Crippen molar-refractivity contribution in [3.05, 3.63) is 247 Å². The molecule has 12 rings (SSSR count). The second-order valence-electron chi connectivity index (χ2n) is 16.4. The van der Waals surface area contributed by atoms with E-state index in [4.69, 9.17) is 0 Å². The highest BCUT2D eigenvalue weighted by Gasteiger charge is 2.19. The molecule has 314 valence electrons. The number of hydrogen-bond donors (Lipinski definition) is 2. The molecule has 0 radical (unpaired) electrons. The van der Waals surface area contributed by atoms with Crippen molar-refractivity contribution in [1.29, 1.82) is 0 Å². The zero-order valence-corrected chi connectivity index (χ0v) is 37.4. The average molecular weight is 914 g/mol. The lowest BCUT2D eigenvalue weighted by Gasteiger charge is -2.15. The van der Waals surface area contributed by atoms with Crippen LogP contribution in [-0.2, 0) is 0 Å². The minimum absolute atomic E-state index is 0.497. The normalized spacial score (nSPS) is 11.3. The van der Waals surface area contributed by atoms with Crippen LogP contribution in [0.5, 0.6) is 0 Å². The molecule has 0 fully saturated rings. The molecule has 0 bridgehead atoms. The van der Waals surface area contributed by atoms with E-state index < -0.39 is 7.12 Å². The van der Waals surface area contributed by atoms with E-state index in [-0.39, 0.29) is 0 Å². The van der Waals surface area contributed by atoms with Crippen molar-refractivity contribution in [1.82, 2.24) is 9.13 Å². The van der Waals surface area contributed by atoms with Gasteiger partial charge in [0, 0.05) is 37.4 Å². The lowest BCUT2D eigenvalue weighted by molar-refractivity contribution is 0.426. The van der Waals surface area contributed by atoms with E-state index in [9.17, 15) is 10.0 Å². The Bertz CT molecular complexity index is 3600. The van der Waals surface area contributed by atoms with Crippen molar-refractivity contribution in [2.45, 2.75) is 0 Å². The van der Waals surface area contributed by atoms with E-state index in [2.05, 4.69) is 225 Å². The molecule has 6 heteroatoms. The molecule has 12 aromatic rings. The number of benzene rings is 10. The van der Waals surface area contributed by atoms with E-state index in [0.29, 0.717) is 5.46 Å². The van der Waals surface area contributed by atoms with Crippen molar-refractivity contribution < 1.29 is 10.0 Å². The molecular formula is C60H42BBrN2O2. The van der Waals surface area contributed by atoms with E-state index in [1.165, 1.54) is 71.6 Å². The number of aromatic nitrogens is 2. The summed E-state index contributed by atoms with van der Waals surface area (Å²) in [5.74, 6) is 0. The van der Waals surface area contributed by atoms with Crippen molar-refractivity contribution in [3.8, 4) is 55.9 Å². The van der Waals surface area contributed by atoms with Gasteiger partial charge in [0.2, 0.25) is 0 Å². The third kappa shape index (κ3) is 7.41. The van der Waals surface area contributed by atoms with Gasteiger partial charge in [-0.05, 0) is 105 Å². The van der Waals surface area contributed by atoms with E-state index in [1.807, 2.05) is 36.4 Å². The first-order valence-corrected chi connectivity index (χ1v) is 22.9. The summed E-state index contributed by atoms with van der Waals surface area (Å²) in [5.41, 5.74) is 16.4. The van der Waals surface area contributed by atoms with Crippen LogP contribution < -0.4 is 5.46 Å². The van der Waals surface area contributed by atoms with Gasteiger partial charge in [-0.1, -0.05) is 204 Å². The van der Waals surface area contributed by atoms with Crippen LogP contribution in [0, 0.1) is 0 Å². The van der Waals surface area contributed by atoms with Gasteiger partial charge < -0.3 is 19.2 Å². The second kappa shape index (κ2) is 17.7. The Balaban J connectivity index is 0.000000146. The van der Waals surface area contributed by atoms with E-state index in [0.717, 1.165) is 32.4 Å². The van der Waals surface area contributed by atoms with Gasteiger partial charge in [-0.3, -0.25) is 0 Å². The minimum atomic E-state index is -1.53. The number of halogens is 1. The second-order valence-corrected chi connectivity index (χ2v) is 17.2. The highest BCUT2D eigenvalue weighted by atomic mass is 79.9. The van der Waals surface area contributed by atoms with Crippen LogP contribution in [0.25, 0.3) is 99.5 Å². The number of fused-ring (bicyclic) bond motifs is 6. The smallest absolute Gasteiger partial charge is 0.423 e. The highest BCUT2D eigenvalue weighted by molar-refractivity contribution is 9.10. The van der Waals surface area contributed by atoms with Crippen LogP contribution in [0.1, 0.15) is 0 Å². The predicted octanol–water partition coefficient (Wildman–Crippen LogP) is 14.7. The largest absolute Gasteiger partial charge is 0.489 e. The number of rotatable bonds is 7. The first-order chi connectivity index (χ1) is 32.5. The van der Waals surface area contributed by atoms with Crippen molar-refractivity contribution in [2.75, 3.05) is 0 Å². The number of nitrogens with zero attached hydrogens (tertiary/aromatic N) is 2. The van der Waals surface area contributed by atoms with Gasteiger partial charge in [0.15, 0.2) is 0 Å². The van der Waals surface area contributed by atoms with Crippen LogP contribution >= 0.6 is 15.9 Å². The third-order valence-electron chi connectivity index (χ3n) is 12.6. The van der Waals surface area contributed by atoms with Crippen molar-refractivity contribution in [2.24, 2.45) is 0 Å². The van der Waals surface area contributed by atoms with Crippen molar-refractivity contribution in [3.63, 3.8) is 0 Å². The molecule has 2 heterocycles. The molecule has 0 spiro atoms. The maximum Gasteiger partial charge on any atom is 0.489 e. The maximum absolute atomic E-state index is 9.90. The first-order valence-electron chi connectivity index (χ1n) is 22.1. The molecule has 0 aliphatic carbocycles. The molecule has 4 nitrogen and oxygen atoms in total. The summed E-state index contributed by atoms with van der Waals surface area (Å²) in [6, 6.07) is 84.2. The summed E-state index contributed by atoms with van der Waals surface area (Å²) in [7, 11) is -1.53. The molecule has 0 aliphatic rings. The molecule has 2 aromatic heterocycles. The van der Waals surface area contributed by atoms with Crippen LogP contribution in [0.15, 0.2) is 247 Å². The Labute approximate surface area is 392 Å². The Hall–Kier alpha value is -7.74. The summed E-state index contributed by atoms with van der Waals surface area (Å²) >= 11 is 3.72. The molecule has 10 aromatic carbocycles. The third-order valence-corrected chi connectivity index (χ3v) is 13.3. The molecule has 0 amide bonds. The van der Waals surface area contributed by atoms with Crippen LogP contribution in [-0.4, -0.2) is 26.3 Å². The summed E-state index contributed by atoms with van der Waals surface area (Å²) in [6.07, 6.45) is 0. The zero-order chi connectivity index (χ0) is 44.6. The first kappa shape index (κ1) is 41.0. The summed E-state index contributed by atoms with van der Waals surface area (Å²) in [6.45, 7) is 0. The molecule has 0 atom stereocenters. The fraction of sp³-hybridized carbons (Fsp3) is 0.